The van der Waals surface area contributed by atoms with Gasteiger partial charge in [0.2, 0.25) is 0 Å². The first kappa shape index (κ1) is 10.7. The highest BCUT2D eigenvalue weighted by Crippen LogP contribution is 2.11. The highest BCUT2D eigenvalue weighted by Gasteiger charge is 2.33. The normalized spacial score (nSPS) is 27.4. The third kappa shape index (κ3) is 2.33. The summed E-state index contributed by atoms with van der Waals surface area (Å²) in [6.07, 6.45) is -3.17. The number of carboxylic acid groups (broad SMARTS) is 2. The Hall–Kier alpha value is -1.34. The number of rotatable bonds is 2. The lowest BCUT2D eigenvalue weighted by atomic mass is 10.2. The molecule has 7 heteroatoms. The largest absolute Gasteiger partial charge is 0.479 e. The van der Waals surface area contributed by atoms with Crippen molar-refractivity contribution in [3.05, 3.63) is 0 Å². The number of aliphatic hydroxyl groups excluding tert-OH is 1. The van der Waals surface area contributed by atoms with Crippen molar-refractivity contribution in [2.75, 3.05) is 19.7 Å². The van der Waals surface area contributed by atoms with E-state index in [9.17, 15) is 9.59 Å². The van der Waals surface area contributed by atoms with Crippen LogP contribution in [0.15, 0.2) is 0 Å². The lowest BCUT2D eigenvalue weighted by Gasteiger charge is -2.33. The molecule has 1 rings (SSSR count). The number of hydrogen-bond donors (Lipinski definition) is 3. The maximum atomic E-state index is 10.6. The van der Waals surface area contributed by atoms with Crippen molar-refractivity contribution in [1.82, 2.24) is 4.90 Å². The zero-order valence-corrected chi connectivity index (χ0v) is 7.29. The van der Waals surface area contributed by atoms with Crippen LogP contribution in [0, 0.1) is 0 Å². The molecule has 1 amide bonds. The van der Waals surface area contributed by atoms with Gasteiger partial charge in [-0.1, -0.05) is 0 Å². The van der Waals surface area contributed by atoms with Gasteiger partial charge in [0.25, 0.3) is 0 Å². The lowest BCUT2D eigenvalue weighted by molar-refractivity contribution is -0.164. The first-order valence-corrected chi connectivity index (χ1v) is 4.01. The number of morpholine rings is 1. The molecule has 1 fully saturated rings. The Morgan fingerprint density at radius 2 is 2.00 bits per heavy atom. The molecule has 1 aliphatic heterocycles. The van der Waals surface area contributed by atoms with Crippen molar-refractivity contribution in [2.24, 2.45) is 0 Å². The Morgan fingerprint density at radius 3 is 2.43 bits per heavy atom. The van der Waals surface area contributed by atoms with E-state index in [4.69, 9.17) is 20.1 Å². The summed E-state index contributed by atoms with van der Waals surface area (Å²) in [5.74, 6) is -1.23. The summed E-state index contributed by atoms with van der Waals surface area (Å²) in [7, 11) is 0. The number of aliphatic hydroxyl groups is 1. The van der Waals surface area contributed by atoms with Gasteiger partial charge in [0, 0.05) is 0 Å². The summed E-state index contributed by atoms with van der Waals surface area (Å²) in [5, 5.41) is 26.0. The molecule has 0 unspecified atom stereocenters. The quantitative estimate of drug-likeness (QED) is 0.523. The van der Waals surface area contributed by atoms with Crippen LogP contribution in [0.25, 0.3) is 0 Å². The van der Waals surface area contributed by atoms with Crippen LogP contribution in [-0.4, -0.2) is 64.2 Å². The van der Waals surface area contributed by atoms with Gasteiger partial charge in [-0.05, 0) is 0 Å². The van der Waals surface area contributed by atoms with Crippen LogP contribution in [0.5, 0.6) is 0 Å². The molecule has 7 nitrogen and oxygen atoms in total. The second-order valence-corrected chi connectivity index (χ2v) is 2.96. The molecule has 0 bridgehead atoms. The van der Waals surface area contributed by atoms with Crippen LogP contribution in [0.3, 0.4) is 0 Å². The summed E-state index contributed by atoms with van der Waals surface area (Å²) in [4.78, 5) is 22.1. The molecule has 0 radical (unpaired) electrons. The van der Waals surface area contributed by atoms with E-state index < -0.39 is 30.9 Å². The zero-order valence-electron chi connectivity index (χ0n) is 7.29. The molecular weight excluding hydrogens is 194 g/mol. The first-order chi connectivity index (χ1) is 6.54. The molecule has 0 aromatic heterocycles. The first-order valence-electron chi connectivity index (χ1n) is 4.01. The third-order valence-electron chi connectivity index (χ3n) is 1.92. The van der Waals surface area contributed by atoms with Crippen LogP contribution in [0.1, 0.15) is 0 Å². The van der Waals surface area contributed by atoms with Crippen LogP contribution >= 0.6 is 0 Å². The average Bonchev–Trinajstić information content (AvgIpc) is 2.16. The van der Waals surface area contributed by atoms with E-state index in [1.807, 2.05) is 0 Å². The predicted octanol–water partition coefficient (Wildman–Crippen LogP) is -1.19. The van der Waals surface area contributed by atoms with E-state index in [2.05, 4.69) is 0 Å². The van der Waals surface area contributed by atoms with Crippen molar-refractivity contribution >= 4 is 12.1 Å². The van der Waals surface area contributed by atoms with Gasteiger partial charge < -0.3 is 25.0 Å². The Labute approximate surface area is 79.5 Å². The smallest absolute Gasteiger partial charge is 0.407 e. The highest BCUT2D eigenvalue weighted by molar-refractivity contribution is 5.74. The fraction of sp³-hybridized carbons (Fsp3) is 0.714. The summed E-state index contributed by atoms with van der Waals surface area (Å²) in [6.45, 7) is -0.607. The minimum absolute atomic E-state index is 0.00435. The fourth-order valence-electron chi connectivity index (χ4n) is 1.23. The van der Waals surface area contributed by atoms with E-state index in [1.54, 1.807) is 0 Å². The third-order valence-corrected chi connectivity index (χ3v) is 1.92. The molecule has 0 aromatic rings. The minimum atomic E-state index is -1.23. The van der Waals surface area contributed by atoms with Crippen molar-refractivity contribution < 1.29 is 29.6 Å². The van der Waals surface area contributed by atoms with Gasteiger partial charge in [-0.3, -0.25) is 0 Å². The number of carbonyl (C=O) groups is 2. The molecule has 1 saturated heterocycles. The van der Waals surface area contributed by atoms with Gasteiger partial charge in [0.1, 0.15) is 0 Å². The molecule has 80 valence electrons. The monoisotopic (exact) mass is 205 g/mol. The Kier molecular flexibility index (Phi) is 3.26. The Balaban J connectivity index is 2.66. The maximum Gasteiger partial charge on any atom is 0.407 e. The molecule has 14 heavy (non-hydrogen) atoms. The Morgan fingerprint density at radius 1 is 1.36 bits per heavy atom. The molecule has 2 atom stereocenters. The number of carboxylic acids is 1. The van der Waals surface area contributed by atoms with Crippen LogP contribution in [0.2, 0.25) is 0 Å². The minimum Gasteiger partial charge on any atom is -0.479 e. The standard InChI is InChI=1S/C7H11NO6/c9-3-4-1-8(7(12)13)2-5(14-4)6(10)11/h4-5,9H,1-3H2,(H,10,11)(H,12,13)/t4-,5+/m0/s1. The molecule has 0 aromatic carbocycles. The predicted molar refractivity (Wildman–Crippen MR) is 43.0 cm³/mol. The van der Waals surface area contributed by atoms with Crippen LogP contribution in [0.4, 0.5) is 4.79 Å². The molecule has 1 heterocycles. The molecular formula is C7H11NO6. The van der Waals surface area contributed by atoms with E-state index in [0.717, 1.165) is 4.90 Å². The van der Waals surface area contributed by atoms with E-state index >= 15 is 0 Å². The van der Waals surface area contributed by atoms with Gasteiger partial charge in [-0.15, -0.1) is 0 Å². The second-order valence-electron chi connectivity index (χ2n) is 2.96. The molecule has 3 N–H and O–H groups in total. The molecule has 0 aliphatic carbocycles. The summed E-state index contributed by atoms with van der Waals surface area (Å²) < 4.78 is 4.92. The van der Waals surface area contributed by atoms with Gasteiger partial charge in [-0.2, -0.15) is 0 Å². The SMILES string of the molecule is O=C(O)[C@H]1CN(C(=O)O)C[C@@H](CO)O1. The lowest BCUT2D eigenvalue weighted by Crippen LogP contribution is -2.53. The van der Waals surface area contributed by atoms with Gasteiger partial charge >= 0.3 is 12.1 Å². The number of aliphatic carboxylic acids is 1. The van der Waals surface area contributed by atoms with Gasteiger partial charge in [-0.25, -0.2) is 9.59 Å². The van der Waals surface area contributed by atoms with Crippen molar-refractivity contribution in [3.63, 3.8) is 0 Å². The van der Waals surface area contributed by atoms with Crippen molar-refractivity contribution in [1.29, 1.82) is 0 Å². The molecule has 0 spiro atoms. The Bertz CT molecular complexity index is 220. The second kappa shape index (κ2) is 4.25. The number of hydrogen-bond acceptors (Lipinski definition) is 4. The maximum absolute atomic E-state index is 10.6. The van der Waals surface area contributed by atoms with Crippen molar-refractivity contribution in [3.8, 4) is 0 Å². The van der Waals surface area contributed by atoms with Crippen molar-refractivity contribution in [2.45, 2.75) is 12.2 Å². The van der Waals surface area contributed by atoms with Crippen LogP contribution < -0.4 is 0 Å². The summed E-state index contributed by atoms with van der Waals surface area (Å²) in [6, 6.07) is 0. The van der Waals surface area contributed by atoms with Gasteiger partial charge in [0.15, 0.2) is 6.10 Å². The summed E-state index contributed by atoms with van der Waals surface area (Å²) >= 11 is 0. The molecule has 1 aliphatic rings. The average molecular weight is 205 g/mol. The van der Waals surface area contributed by atoms with Crippen LogP contribution in [-0.2, 0) is 9.53 Å². The summed E-state index contributed by atoms with van der Waals surface area (Å²) in [5.41, 5.74) is 0. The number of ether oxygens (including phenoxy) is 1. The highest BCUT2D eigenvalue weighted by atomic mass is 16.5. The van der Waals surface area contributed by atoms with Gasteiger partial charge in [0.05, 0.1) is 25.8 Å². The zero-order chi connectivity index (χ0) is 10.7. The van der Waals surface area contributed by atoms with E-state index in [-0.39, 0.29) is 13.1 Å². The van der Waals surface area contributed by atoms with E-state index in [1.165, 1.54) is 0 Å². The van der Waals surface area contributed by atoms with E-state index in [0.29, 0.717) is 0 Å². The topological polar surface area (TPSA) is 107 Å². The number of nitrogens with zero attached hydrogens (tertiary/aromatic N) is 1. The molecule has 0 saturated carbocycles. The fourth-order valence-corrected chi connectivity index (χ4v) is 1.23. The number of amides is 1.